The number of nitrogens with zero attached hydrogens (tertiary/aromatic N) is 1. The van der Waals surface area contributed by atoms with Gasteiger partial charge in [0.05, 0.1) is 5.52 Å². The molecule has 5 nitrogen and oxygen atoms in total. The number of rotatable bonds is 3. The van der Waals surface area contributed by atoms with Gasteiger partial charge >= 0.3 is 5.76 Å². The van der Waals surface area contributed by atoms with E-state index in [-0.39, 0.29) is 12.5 Å². The Labute approximate surface area is 138 Å². The highest BCUT2D eigenvalue weighted by Crippen LogP contribution is 2.19. The first kappa shape index (κ1) is 14.9. The number of nitrogens with one attached hydrogen (secondary N) is 1. The lowest BCUT2D eigenvalue weighted by molar-refractivity contribution is -0.116. The van der Waals surface area contributed by atoms with Gasteiger partial charge in [-0.15, -0.1) is 0 Å². The number of halogens is 2. The molecular weight excluding hydrogens is 372 g/mol. The lowest BCUT2D eigenvalue weighted by atomic mass is 10.3. The lowest BCUT2D eigenvalue weighted by Crippen LogP contribution is -2.24. The molecule has 0 fully saturated rings. The zero-order chi connectivity index (χ0) is 15.7. The average Bonchev–Trinajstić information content (AvgIpc) is 2.74. The second kappa shape index (κ2) is 5.98. The van der Waals surface area contributed by atoms with E-state index >= 15 is 0 Å². The fraction of sp³-hybridized carbons (Fsp3) is 0.0667. The van der Waals surface area contributed by atoms with Crippen LogP contribution in [0.2, 0.25) is 5.02 Å². The Hall–Kier alpha value is -2.05. The van der Waals surface area contributed by atoms with Crippen molar-refractivity contribution in [2.24, 2.45) is 0 Å². The molecule has 3 rings (SSSR count). The van der Waals surface area contributed by atoms with Crippen molar-refractivity contribution in [3.05, 3.63) is 62.5 Å². The number of anilines is 1. The van der Waals surface area contributed by atoms with E-state index in [4.69, 9.17) is 16.0 Å². The molecule has 0 aliphatic carbocycles. The molecule has 0 saturated carbocycles. The molecule has 0 bridgehead atoms. The van der Waals surface area contributed by atoms with Gasteiger partial charge in [0, 0.05) is 21.2 Å². The molecule has 0 aliphatic heterocycles. The Morgan fingerprint density at radius 2 is 2.09 bits per heavy atom. The third kappa shape index (κ3) is 3.08. The molecule has 7 heteroatoms. The smallest absolute Gasteiger partial charge is 0.408 e. The van der Waals surface area contributed by atoms with Gasteiger partial charge in [0.25, 0.3) is 0 Å². The summed E-state index contributed by atoms with van der Waals surface area (Å²) >= 11 is 9.18. The quantitative estimate of drug-likeness (QED) is 0.753. The number of aromatic nitrogens is 1. The summed E-state index contributed by atoms with van der Waals surface area (Å²) in [6, 6.07) is 12.0. The molecule has 0 spiro atoms. The van der Waals surface area contributed by atoms with Crippen molar-refractivity contribution in [1.29, 1.82) is 0 Å². The van der Waals surface area contributed by atoms with Crippen LogP contribution in [0, 0.1) is 0 Å². The summed E-state index contributed by atoms with van der Waals surface area (Å²) in [5.74, 6) is -0.917. The van der Waals surface area contributed by atoms with Crippen LogP contribution in [0.5, 0.6) is 0 Å². The molecule has 3 aromatic rings. The van der Waals surface area contributed by atoms with E-state index in [1.165, 1.54) is 4.57 Å². The Morgan fingerprint density at radius 3 is 2.86 bits per heavy atom. The first-order valence-electron chi connectivity index (χ1n) is 6.37. The molecule has 0 unspecified atom stereocenters. The first-order valence-corrected chi connectivity index (χ1v) is 7.54. The number of carbonyl (C=O) groups excluding carboxylic acids is 1. The molecule has 1 N–H and O–H groups in total. The second-order valence-electron chi connectivity index (χ2n) is 4.62. The molecule has 1 heterocycles. The van der Waals surface area contributed by atoms with Gasteiger partial charge in [0.15, 0.2) is 5.58 Å². The van der Waals surface area contributed by atoms with Crippen LogP contribution in [0.15, 0.2) is 56.1 Å². The van der Waals surface area contributed by atoms with E-state index in [0.717, 1.165) is 4.47 Å². The van der Waals surface area contributed by atoms with E-state index < -0.39 is 5.76 Å². The molecule has 0 radical (unpaired) electrons. The zero-order valence-corrected chi connectivity index (χ0v) is 13.5. The fourth-order valence-electron chi connectivity index (χ4n) is 2.10. The van der Waals surface area contributed by atoms with Crippen LogP contribution < -0.4 is 11.1 Å². The van der Waals surface area contributed by atoms with Gasteiger partial charge < -0.3 is 9.73 Å². The Balaban J connectivity index is 1.85. The second-order valence-corrected chi connectivity index (χ2v) is 5.98. The molecule has 0 saturated heterocycles. The van der Waals surface area contributed by atoms with Gasteiger partial charge in [0.2, 0.25) is 5.91 Å². The topological polar surface area (TPSA) is 64.2 Å². The van der Waals surface area contributed by atoms with Gasteiger partial charge in [-0.25, -0.2) is 4.79 Å². The number of hydrogen-bond donors (Lipinski definition) is 1. The molecule has 112 valence electrons. The fourth-order valence-corrected chi connectivity index (χ4v) is 2.66. The number of fused-ring (bicyclic) bond motifs is 1. The number of carbonyl (C=O) groups is 1. The lowest BCUT2D eigenvalue weighted by Gasteiger charge is -2.06. The minimum Gasteiger partial charge on any atom is -0.408 e. The van der Waals surface area contributed by atoms with Gasteiger partial charge in [-0.05, 0) is 30.3 Å². The molecule has 0 aliphatic rings. The third-order valence-electron chi connectivity index (χ3n) is 3.04. The largest absolute Gasteiger partial charge is 0.420 e. The summed E-state index contributed by atoms with van der Waals surface area (Å²) in [5, 5.41) is 3.19. The van der Waals surface area contributed by atoms with Crippen LogP contribution in [-0.4, -0.2) is 10.5 Å². The maximum absolute atomic E-state index is 12.1. The van der Waals surface area contributed by atoms with Crippen molar-refractivity contribution in [2.75, 3.05) is 5.32 Å². The van der Waals surface area contributed by atoms with Crippen LogP contribution in [0.3, 0.4) is 0 Å². The predicted molar refractivity (Wildman–Crippen MR) is 88.3 cm³/mol. The van der Waals surface area contributed by atoms with Crippen molar-refractivity contribution >= 4 is 50.2 Å². The van der Waals surface area contributed by atoms with Crippen LogP contribution in [0.1, 0.15) is 0 Å². The SMILES string of the molecule is O=C(Cn1c(=O)oc2cc(Cl)ccc21)Nc1cccc(Br)c1. The number of oxazole rings is 1. The zero-order valence-electron chi connectivity index (χ0n) is 11.2. The van der Waals surface area contributed by atoms with E-state index in [2.05, 4.69) is 21.2 Å². The highest BCUT2D eigenvalue weighted by Gasteiger charge is 2.13. The summed E-state index contributed by atoms with van der Waals surface area (Å²) in [6.45, 7) is -0.139. The van der Waals surface area contributed by atoms with Gasteiger partial charge in [0.1, 0.15) is 6.54 Å². The van der Waals surface area contributed by atoms with Crippen LogP contribution in [-0.2, 0) is 11.3 Å². The van der Waals surface area contributed by atoms with Crippen molar-refractivity contribution in [2.45, 2.75) is 6.54 Å². The molecule has 1 aromatic heterocycles. The summed E-state index contributed by atoms with van der Waals surface area (Å²) < 4.78 is 7.20. The van der Waals surface area contributed by atoms with E-state index in [1.54, 1.807) is 36.4 Å². The van der Waals surface area contributed by atoms with E-state index in [0.29, 0.717) is 21.8 Å². The Morgan fingerprint density at radius 1 is 1.27 bits per heavy atom. The first-order chi connectivity index (χ1) is 10.5. The standard InChI is InChI=1S/C15H10BrClN2O3/c16-9-2-1-3-11(6-9)18-14(20)8-19-12-5-4-10(17)7-13(12)22-15(19)21/h1-7H,8H2,(H,18,20). The molecule has 2 aromatic carbocycles. The van der Waals surface area contributed by atoms with Gasteiger partial charge in [-0.3, -0.25) is 9.36 Å². The summed E-state index contributed by atoms with van der Waals surface area (Å²) in [7, 11) is 0. The molecular formula is C15H10BrClN2O3. The minimum absolute atomic E-state index is 0.139. The molecule has 22 heavy (non-hydrogen) atoms. The van der Waals surface area contributed by atoms with Gasteiger partial charge in [-0.2, -0.15) is 0 Å². The van der Waals surface area contributed by atoms with Crippen molar-refractivity contribution in [1.82, 2.24) is 4.57 Å². The van der Waals surface area contributed by atoms with Crippen LogP contribution in [0.4, 0.5) is 5.69 Å². The summed E-state index contributed by atoms with van der Waals surface area (Å²) in [5.41, 5.74) is 1.52. The predicted octanol–water partition coefficient (Wildman–Crippen LogP) is 3.65. The highest BCUT2D eigenvalue weighted by molar-refractivity contribution is 9.10. The maximum atomic E-state index is 12.1. The van der Waals surface area contributed by atoms with Crippen LogP contribution in [0.25, 0.3) is 11.1 Å². The van der Waals surface area contributed by atoms with Gasteiger partial charge in [-0.1, -0.05) is 33.6 Å². The van der Waals surface area contributed by atoms with Crippen molar-refractivity contribution in [3.63, 3.8) is 0 Å². The van der Waals surface area contributed by atoms with E-state index in [9.17, 15) is 9.59 Å². The van der Waals surface area contributed by atoms with Crippen LogP contribution >= 0.6 is 27.5 Å². The third-order valence-corrected chi connectivity index (χ3v) is 3.77. The van der Waals surface area contributed by atoms with Crippen molar-refractivity contribution < 1.29 is 9.21 Å². The van der Waals surface area contributed by atoms with Crippen molar-refractivity contribution in [3.8, 4) is 0 Å². The number of hydrogen-bond acceptors (Lipinski definition) is 3. The monoisotopic (exact) mass is 380 g/mol. The summed E-state index contributed by atoms with van der Waals surface area (Å²) in [4.78, 5) is 24.0. The van der Waals surface area contributed by atoms with E-state index in [1.807, 2.05) is 6.07 Å². The number of benzene rings is 2. The maximum Gasteiger partial charge on any atom is 0.420 e. The normalized spacial score (nSPS) is 10.8. The number of amides is 1. The summed E-state index contributed by atoms with van der Waals surface area (Å²) in [6.07, 6.45) is 0. The Kier molecular flexibility index (Phi) is 4.04. The Bertz CT molecular complexity index is 917. The minimum atomic E-state index is -0.596. The average molecular weight is 382 g/mol. The highest BCUT2D eigenvalue weighted by atomic mass is 79.9. The molecule has 1 amide bonds. The molecule has 0 atom stereocenters.